The highest BCUT2D eigenvalue weighted by molar-refractivity contribution is 5.94. The summed E-state index contributed by atoms with van der Waals surface area (Å²) in [4.78, 5) is 20.6. The molecule has 0 saturated heterocycles. The molecule has 1 saturated carbocycles. The van der Waals surface area contributed by atoms with Crippen LogP contribution in [0.5, 0.6) is 0 Å². The first-order valence-corrected chi connectivity index (χ1v) is 8.50. The van der Waals surface area contributed by atoms with Crippen LogP contribution in [-0.4, -0.2) is 37.0 Å². The summed E-state index contributed by atoms with van der Waals surface area (Å²) in [5.41, 5.74) is 3.28. The number of carboxylic acid groups (broad SMARTS) is 1. The average Bonchev–Trinajstić information content (AvgIpc) is 3.28. The molecule has 2 aromatic heterocycles. The Labute approximate surface area is 145 Å². The standard InChI is InChI=1S/C16H21N5O.CH2O2/c1-10-15-13(11-8-17-20(2)9-11)7-14(22)18-16(15)21(19-10)12-5-3-4-6-12;2-1-3/h8-9,12-13H,3-7H2,1-2H3,(H,18,22);1H,(H,2,3). The molecule has 0 aromatic carbocycles. The van der Waals surface area contributed by atoms with Crippen molar-refractivity contribution in [2.75, 3.05) is 5.32 Å². The minimum Gasteiger partial charge on any atom is -0.483 e. The summed E-state index contributed by atoms with van der Waals surface area (Å²) in [5.74, 6) is 1.04. The smallest absolute Gasteiger partial charge is 0.290 e. The fourth-order valence-electron chi connectivity index (χ4n) is 3.89. The van der Waals surface area contributed by atoms with Crippen molar-refractivity contribution in [3.05, 3.63) is 29.2 Å². The Kier molecular flexibility index (Phi) is 4.87. The number of amides is 1. The molecule has 1 aliphatic carbocycles. The Bertz CT molecular complexity index is 773. The Hall–Kier alpha value is -2.64. The van der Waals surface area contributed by atoms with E-state index in [4.69, 9.17) is 15.0 Å². The molecule has 0 bridgehead atoms. The third kappa shape index (κ3) is 3.29. The van der Waals surface area contributed by atoms with Gasteiger partial charge in [-0.3, -0.25) is 14.3 Å². The molecule has 0 spiro atoms. The Balaban J connectivity index is 0.000000569. The molecule has 134 valence electrons. The number of fused-ring (bicyclic) bond motifs is 1. The number of hydrogen-bond acceptors (Lipinski definition) is 4. The van der Waals surface area contributed by atoms with Crippen molar-refractivity contribution in [2.45, 2.75) is 51.0 Å². The average molecular weight is 345 g/mol. The van der Waals surface area contributed by atoms with E-state index in [0.29, 0.717) is 12.5 Å². The van der Waals surface area contributed by atoms with Crippen LogP contribution in [0.3, 0.4) is 0 Å². The predicted molar refractivity (Wildman–Crippen MR) is 91.5 cm³/mol. The number of anilines is 1. The number of carbonyl (C=O) groups is 2. The van der Waals surface area contributed by atoms with E-state index in [1.165, 1.54) is 18.4 Å². The van der Waals surface area contributed by atoms with Gasteiger partial charge in [0.25, 0.3) is 6.47 Å². The lowest BCUT2D eigenvalue weighted by Crippen LogP contribution is -2.25. The van der Waals surface area contributed by atoms with E-state index in [1.807, 2.05) is 26.4 Å². The third-order valence-corrected chi connectivity index (χ3v) is 4.93. The SMILES string of the molecule is Cc1nn(C2CCCC2)c2c1C(c1cnn(C)c1)CC(=O)N2.O=CO. The van der Waals surface area contributed by atoms with Crippen LogP contribution in [0.25, 0.3) is 0 Å². The zero-order valence-corrected chi connectivity index (χ0v) is 14.5. The van der Waals surface area contributed by atoms with Gasteiger partial charge >= 0.3 is 0 Å². The van der Waals surface area contributed by atoms with Crippen LogP contribution in [-0.2, 0) is 16.6 Å². The number of nitrogens with one attached hydrogen (secondary N) is 1. The number of hydrogen-bond donors (Lipinski definition) is 2. The van der Waals surface area contributed by atoms with Crippen molar-refractivity contribution in [3.63, 3.8) is 0 Å². The highest BCUT2D eigenvalue weighted by Gasteiger charge is 2.34. The molecular weight excluding hydrogens is 322 g/mol. The summed E-state index contributed by atoms with van der Waals surface area (Å²) in [6, 6.07) is 0.426. The summed E-state index contributed by atoms with van der Waals surface area (Å²) >= 11 is 0. The molecule has 0 radical (unpaired) electrons. The number of carbonyl (C=O) groups excluding carboxylic acids is 1. The van der Waals surface area contributed by atoms with E-state index >= 15 is 0 Å². The molecule has 1 atom stereocenters. The van der Waals surface area contributed by atoms with Crippen LogP contribution in [0.2, 0.25) is 0 Å². The molecule has 8 nitrogen and oxygen atoms in total. The van der Waals surface area contributed by atoms with E-state index in [9.17, 15) is 4.79 Å². The maximum absolute atomic E-state index is 12.2. The summed E-state index contributed by atoms with van der Waals surface area (Å²) in [6.45, 7) is 1.80. The second kappa shape index (κ2) is 7.08. The number of nitrogens with zero attached hydrogens (tertiary/aromatic N) is 4. The normalized spacial score (nSPS) is 19.8. The van der Waals surface area contributed by atoms with Gasteiger partial charge in [0.1, 0.15) is 5.82 Å². The van der Waals surface area contributed by atoms with E-state index in [2.05, 4.69) is 15.1 Å². The molecule has 3 heterocycles. The van der Waals surface area contributed by atoms with Gasteiger partial charge in [0.15, 0.2) is 0 Å². The summed E-state index contributed by atoms with van der Waals surface area (Å²) in [5, 5.41) is 19.0. The molecule has 2 N–H and O–H groups in total. The summed E-state index contributed by atoms with van der Waals surface area (Å²) in [7, 11) is 1.90. The molecule has 1 aliphatic heterocycles. The number of aromatic nitrogens is 4. The van der Waals surface area contributed by atoms with Crippen molar-refractivity contribution >= 4 is 18.2 Å². The molecule has 25 heavy (non-hydrogen) atoms. The van der Waals surface area contributed by atoms with Gasteiger partial charge in [0, 0.05) is 31.1 Å². The minimum absolute atomic E-state index is 0.0626. The van der Waals surface area contributed by atoms with Crippen LogP contribution < -0.4 is 5.32 Å². The molecule has 1 amide bonds. The van der Waals surface area contributed by atoms with Crippen molar-refractivity contribution in [1.29, 1.82) is 0 Å². The molecule has 1 fully saturated rings. The zero-order chi connectivity index (χ0) is 18.0. The number of rotatable bonds is 2. The summed E-state index contributed by atoms with van der Waals surface area (Å²) in [6.07, 6.45) is 9.13. The van der Waals surface area contributed by atoms with Gasteiger partial charge in [-0.25, -0.2) is 4.68 Å². The van der Waals surface area contributed by atoms with Crippen LogP contribution in [0, 0.1) is 6.92 Å². The molecule has 1 unspecified atom stereocenters. The van der Waals surface area contributed by atoms with Gasteiger partial charge in [0.2, 0.25) is 5.91 Å². The maximum atomic E-state index is 12.2. The largest absolute Gasteiger partial charge is 0.483 e. The van der Waals surface area contributed by atoms with Gasteiger partial charge in [-0.05, 0) is 25.3 Å². The van der Waals surface area contributed by atoms with Crippen molar-refractivity contribution in [2.24, 2.45) is 7.05 Å². The minimum atomic E-state index is -0.250. The van der Waals surface area contributed by atoms with Crippen LogP contribution in [0.1, 0.15) is 60.9 Å². The van der Waals surface area contributed by atoms with Crippen molar-refractivity contribution < 1.29 is 14.7 Å². The van der Waals surface area contributed by atoms with Crippen molar-refractivity contribution in [3.8, 4) is 0 Å². The van der Waals surface area contributed by atoms with Gasteiger partial charge in [0.05, 0.1) is 17.9 Å². The first kappa shape index (κ1) is 17.2. The lowest BCUT2D eigenvalue weighted by molar-refractivity contribution is -0.123. The highest BCUT2D eigenvalue weighted by Crippen LogP contribution is 2.42. The molecular formula is C17H23N5O3. The van der Waals surface area contributed by atoms with E-state index in [-0.39, 0.29) is 18.3 Å². The first-order chi connectivity index (χ1) is 12.0. The molecule has 8 heteroatoms. The third-order valence-electron chi connectivity index (χ3n) is 4.93. The van der Waals surface area contributed by atoms with E-state index < -0.39 is 0 Å². The zero-order valence-electron chi connectivity index (χ0n) is 14.5. The van der Waals surface area contributed by atoms with Gasteiger partial charge in [-0.1, -0.05) is 12.8 Å². The van der Waals surface area contributed by atoms with Gasteiger partial charge in [-0.15, -0.1) is 0 Å². The first-order valence-electron chi connectivity index (χ1n) is 8.50. The second-order valence-electron chi connectivity index (χ2n) is 6.59. The fraction of sp³-hybridized carbons (Fsp3) is 0.529. The van der Waals surface area contributed by atoms with Crippen LogP contribution >= 0.6 is 0 Å². The second-order valence-corrected chi connectivity index (χ2v) is 6.59. The van der Waals surface area contributed by atoms with Crippen LogP contribution in [0.15, 0.2) is 12.4 Å². The predicted octanol–water partition coefficient (Wildman–Crippen LogP) is 2.22. The lowest BCUT2D eigenvalue weighted by atomic mass is 9.87. The van der Waals surface area contributed by atoms with Gasteiger partial charge < -0.3 is 10.4 Å². The number of aryl methyl sites for hydroxylation is 2. The quantitative estimate of drug-likeness (QED) is 0.813. The Morgan fingerprint density at radius 3 is 2.64 bits per heavy atom. The maximum Gasteiger partial charge on any atom is 0.290 e. The fourth-order valence-corrected chi connectivity index (χ4v) is 3.89. The van der Waals surface area contributed by atoms with E-state index in [1.54, 1.807) is 4.68 Å². The molecule has 2 aliphatic rings. The Morgan fingerprint density at radius 1 is 1.36 bits per heavy atom. The summed E-state index contributed by atoms with van der Waals surface area (Å²) < 4.78 is 3.86. The topological polar surface area (TPSA) is 102 Å². The van der Waals surface area contributed by atoms with Gasteiger partial charge in [-0.2, -0.15) is 10.2 Å². The van der Waals surface area contributed by atoms with Crippen LogP contribution in [0.4, 0.5) is 5.82 Å². The molecule has 2 aromatic rings. The Morgan fingerprint density at radius 2 is 2.04 bits per heavy atom. The molecule has 4 rings (SSSR count). The van der Waals surface area contributed by atoms with Crippen molar-refractivity contribution in [1.82, 2.24) is 19.6 Å². The lowest BCUT2D eigenvalue weighted by Gasteiger charge is -2.24. The van der Waals surface area contributed by atoms with E-state index in [0.717, 1.165) is 29.9 Å². The highest BCUT2D eigenvalue weighted by atomic mass is 16.3. The monoisotopic (exact) mass is 345 g/mol.